The molecule has 23 heavy (non-hydrogen) atoms. The van der Waals surface area contributed by atoms with Crippen LogP contribution in [-0.4, -0.2) is 23.5 Å². The smallest absolute Gasteiger partial charge is 0.260 e. The van der Waals surface area contributed by atoms with Crippen molar-refractivity contribution < 1.29 is 9.59 Å². The molecule has 0 unspecified atom stereocenters. The number of hydrogen-bond acceptors (Lipinski definition) is 3. The van der Waals surface area contributed by atoms with Gasteiger partial charge < -0.3 is 5.32 Å². The van der Waals surface area contributed by atoms with E-state index in [0.717, 1.165) is 16.5 Å². The predicted octanol–water partition coefficient (Wildman–Crippen LogP) is 2.58. The maximum absolute atomic E-state index is 12.6. The van der Waals surface area contributed by atoms with Gasteiger partial charge in [-0.1, -0.05) is 24.3 Å². The molecule has 0 spiro atoms. The topological polar surface area (TPSA) is 62.3 Å². The monoisotopic (exact) mass is 303 g/mol. The number of aromatic nitrogens is 1. The molecule has 1 N–H and O–H groups in total. The van der Waals surface area contributed by atoms with Crippen LogP contribution in [0.4, 0.5) is 5.69 Å². The van der Waals surface area contributed by atoms with Crippen molar-refractivity contribution in [2.45, 2.75) is 0 Å². The Morgan fingerprint density at radius 1 is 1.04 bits per heavy atom. The minimum atomic E-state index is -0.233. The second-order valence-electron chi connectivity index (χ2n) is 5.31. The van der Waals surface area contributed by atoms with Crippen molar-refractivity contribution in [1.82, 2.24) is 10.3 Å². The highest BCUT2D eigenvalue weighted by atomic mass is 16.2. The van der Waals surface area contributed by atoms with Crippen LogP contribution in [0.15, 0.2) is 60.9 Å². The van der Waals surface area contributed by atoms with E-state index in [2.05, 4.69) is 10.3 Å². The van der Waals surface area contributed by atoms with E-state index in [-0.39, 0.29) is 18.5 Å². The zero-order chi connectivity index (χ0) is 15.8. The third kappa shape index (κ3) is 2.14. The second kappa shape index (κ2) is 5.21. The first-order valence-corrected chi connectivity index (χ1v) is 7.27. The highest BCUT2D eigenvalue weighted by Gasteiger charge is 2.29. The first-order valence-electron chi connectivity index (χ1n) is 7.27. The molecule has 0 saturated heterocycles. The molecule has 2 heterocycles. The van der Waals surface area contributed by atoms with Crippen molar-refractivity contribution in [3.63, 3.8) is 0 Å². The highest BCUT2D eigenvalue weighted by molar-refractivity contribution is 6.25. The maximum atomic E-state index is 12.6. The molecule has 0 radical (unpaired) electrons. The fourth-order valence-corrected chi connectivity index (χ4v) is 2.89. The molecule has 3 aromatic rings. The highest BCUT2D eigenvalue weighted by Crippen LogP contribution is 2.36. The van der Waals surface area contributed by atoms with Crippen LogP contribution in [0.1, 0.15) is 20.7 Å². The average Bonchev–Trinajstić information content (AvgIpc) is 2.88. The number of rotatable bonds is 3. The van der Waals surface area contributed by atoms with Gasteiger partial charge in [0.15, 0.2) is 0 Å². The minimum absolute atomic E-state index is 0.0909. The summed E-state index contributed by atoms with van der Waals surface area (Å²) >= 11 is 0. The average molecular weight is 303 g/mol. The van der Waals surface area contributed by atoms with Gasteiger partial charge in [0.1, 0.15) is 0 Å². The Hall–Kier alpha value is -3.21. The number of anilines is 1. The van der Waals surface area contributed by atoms with Crippen LogP contribution in [0.2, 0.25) is 0 Å². The maximum Gasteiger partial charge on any atom is 0.260 e. The lowest BCUT2D eigenvalue weighted by molar-refractivity contribution is 0.0943. The van der Waals surface area contributed by atoms with E-state index in [4.69, 9.17) is 0 Å². The number of pyridine rings is 1. The van der Waals surface area contributed by atoms with Crippen LogP contribution in [0.25, 0.3) is 10.8 Å². The van der Waals surface area contributed by atoms with E-state index in [1.54, 1.807) is 29.4 Å². The van der Waals surface area contributed by atoms with Crippen LogP contribution in [0.3, 0.4) is 0 Å². The number of carbonyl (C=O) groups excluding carboxylic acids is 2. The van der Waals surface area contributed by atoms with Gasteiger partial charge in [-0.2, -0.15) is 0 Å². The minimum Gasteiger partial charge on any atom is -0.334 e. The van der Waals surface area contributed by atoms with Crippen LogP contribution < -0.4 is 10.2 Å². The van der Waals surface area contributed by atoms with E-state index in [0.29, 0.717) is 11.1 Å². The molecule has 1 aromatic heterocycles. The summed E-state index contributed by atoms with van der Waals surface area (Å²) in [6.07, 6.45) is 3.12. The molecule has 4 rings (SSSR count). The van der Waals surface area contributed by atoms with Crippen LogP contribution >= 0.6 is 0 Å². The van der Waals surface area contributed by atoms with Crippen LogP contribution in [0.5, 0.6) is 0 Å². The molecule has 112 valence electrons. The fourth-order valence-electron chi connectivity index (χ4n) is 2.89. The molecule has 0 fully saturated rings. The Morgan fingerprint density at radius 3 is 2.57 bits per heavy atom. The number of benzene rings is 2. The van der Waals surface area contributed by atoms with Gasteiger partial charge in [-0.3, -0.25) is 19.5 Å². The van der Waals surface area contributed by atoms with Crippen molar-refractivity contribution in [3.8, 4) is 0 Å². The van der Waals surface area contributed by atoms with Crippen molar-refractivity contribution in [1.29, 1.82) is 0 Å². The summed E-state index contributed by atoms with van der Waals surface area (Å²) in [6, 6.07) is 14.7. The third-order valence-corrected chi connectivity index (χ3v) is 3.99. The van der Waals surface area contributed by atoms with E-state index >= 15 is 0 Å². The Kier molecular flexibility index (Phi) is 3.05. The van der Waals surface area contributed by atoms with Gasteiger partial charge in [-0.05, 0) is 29.7 Å². The molecule has 0 aliphatic carbocycles. The summed E-state index contributed by atoms with van der Waals surface area (Å²) in [7, 11) is 0. The molecule has 2 amide bonds. The summed E-state index contributed by atoms with van der Waals surface area (Å²) in [6.45, 7) is 0.133. The summed E-state index contributed by atoms with van der Waals surface area (Å²) in [5.74, 6) is -0.324. The Labute approximate surface area is 132 Å². The Balaban J connectivity index is 1.61. The number of amides is 2. The lowest BCUT2D eigenvalue weighted by Gasteiger charge is -2.18. The third-order valence-electron chi connectivity index (χ3n) is 3.99. The number of carbonyl (C=O) groups is 2. The van der Waals surface area contributed by atoms with E-state index in [1.807, 2.05) is 36.4 Å². The van der Waals surface area contributed by atoms with Crippen LogP contribution in [0, 0.1) is 0 Å². The zero-order valence-corrected chi connectivity index (χ0v) is 12.2. The summed E-state index contributed by atoms with van der Waals surface area (Å²) in [4.78, 5) is 30.2. The predicted molar refractivity (Wildman–Crippen MR) is 87.3 cm³/mol. The Bertz CT molecular complexity index is 917. The second-order valence-corrected chi connectivity index (χ2v) is 5.31. The standard InChI is InChI=1S/C18H13N3O2/c22-17(13-7-9-19-10-8-13)20-11-21-15-6-2-4-12-3-1-5-14(16(12)15)18(21)23/h1-10H,11H2,(H,20,22). The van der Waals surface area contributed by atoms with Crippen molar-refractivity contribution in [3.05, 3.63) is 72.1 Å². The van der Waals surface area contributed by atoms with Crippen molar-refractivity contribution >= 4 is 28.3 Å². The van der Waals surface area contributed by atoms with E-state index < -0.39 is 0 Å². The Morgan fingerprint density at radius 2 is 1.78 bits per heavy atom. The number of nitrogens with one attached hydrogen (secondary N) is 1. The molecule has 0 saturated carbocycles. The molecular weight excluding hydrogens is 290 g/mol. The van der Waals surface area contributed by atoms with Crippen molar-refractivity contribution in [2.75, 3.05) is 11.6 Å². The van der Waals surface area contributed by atoms with Crippen LogP contribution in [-0.2, 0) is 0 Å². The van der Waals surface area contributed by atoms with Gasteiger partial charge in [0.2, 0.25) is 0 Å². The molecule has 0 bridgehead atoms. The molecule has 0 atom stereocenters. The first kappa shape index (κ1) is 13.5. The first-order chi connectivity index (χ1) is 11.3. The van der Waals surface area contributed by atoms with E-state index in [1.165, 1.54) is 0 Å². The molecular formula is C18H13N3O2. The molecule has 5 heteroatoms. The fraction of sp³-hybridized carbons (Fsp3) is 0.0556. The quantitative estimate of drug-likeness (QED) is 0.809. The molecule has 1 aliphatic rings. The lowest BCUT2D eigenvalue weighted by Crippen LogP contribution is -2.39. The summed E-state index contributed by atoms with van der Waals surface area (Å²) in [5.41, 5.74) is 2.02. The zero-order valence-electron chi connectivity index (χ0n) is 12.2. The number of nitrogens with zero attached hydrogens (tertiary/aromatic N) is 2. The van der Waals surface area contributed by atoms with Gasteiger partial charge in [0.25, 0.3) is 11.8 Å². The lowest BCUT2D eigenvalue weighted by atomic mass is 10.1. The largest absolute Gasteiger partial charge is 0.334 e. The van der Waals surface area contributed by atoms with Gasteiger partial charge in [-0.25, -0.2) is 0 Å². The van der Waals surface area contributed by atoms with Gasteiger partial charge in [0, 0.05) is 28.9 Å². The SMILES string of the molecule is O=C(NCN1C(=O)c2cccc3cccc1c23)c1ccncc1. The molecule has 5 nitrogen and oxygen atoms in total. The number of hydrogen-bond donors (Lipinski definition) is 1. The van der Waals surface area contributed by atoms with Gasteiger partial charge in [0.05, 0.1) is 12.4 Å². The van der Waals surface area contributed by atoms with Gasteiger partial charge in [-0.15, -0.1) is 0 Å². The van der Waals surface area contributed by atoms with E-state index in [9.17, 15) is 9.59 Å². The molecule has 2 aromatic carbocycles. The summed E-state index contributed by atoms with van der Waals surface area (Å²) in [5, 5.41) is 4.75. The van der Waals surface area contributed by atoms with Gasteiger partial charge >= 0.3 is 0 Å². The molecule has 1 aliphatic heterocycles. The van der Waals surface area contributed by atoms with Crippen molar-refractivity contribution in [2.24, 2.45) is 0 Å². The normalized spacial score (nSPS) is 12.7. The summed E-state index contributed by atoms with van der Waals surface area (Å²) < 4.78 is 0.